The summed E-state index contributed by atoms with van der Waals surface area (Å²) in [7, 11) is 1.92. The van der Waals surface area contributed by atoms with Gasteiger partial charge in [-0.15, -0.1) is 0 Å². The van der Waals surface area contributed by atoms with Crippen molar-refractivity contribution in [3.8, 4) is 0 Å². The molecule has 1 aromatic carbocycles. The molecule has 0 saturated heterocycles. The van der Waals surface area contributed by atoms with Crippen LogP contribution in [0.1, 0.15) is 69.9 Å². The van der Waals surface area contributed by atoms with E-state index in [-0.39, 0.29) is 11.9 Å². The molecule has 0 fully saturated rings. The van der Waals surface area contributed by atoms with Gasteiger partial charge in [0.2, 0.25) is 0 Å². The van der Waals surface area contributed by atoms with Crippen LogP contribution >= 0.6 is 0 Å². The van der Waals surface area contributed by atoms with Crippen LogP contribution in [0, 0.1) is 5.82 Å². The molecule has 19 heavy (non-hydrogen) atoms. The predicted octanol–water partition coefficient (Wildman–Crippen LogP) is 5.23. The molecule has 0 radical (unpaired) electrons. The Hall–Kier alpha value is -0.890. The highest BCUT2D eigenvalue weighted by atomic mass is 19.1. The second-order valence-electron chi connectivity index (χ2n) is 5.27. The first-order valence-electron chi connectivity index (χ1n) is 7.71. The van der Waals surface area contributed by atoms with E-state index in [1.807, 2.05) is 19.2 Å². The lowest BCUT2D eigenvalue weighted by atomic mass is 9.99. The molecule has 0 aliphatic carbocycles. The van der Waals surface area contributed by atoms with Crippen molar-refractivity contribution in [3.05, 3.63) is 35.6 Å². The first kappa shape index (κ1) is 16.2. The molecule has 1 N–H and O–H groups in total. The molecular formula is C17H28FN. The molecule has 0 aliphatic heterocycles. The summed E-state index contributed by atoms with van der Waals surface area (Å²) in [5, 5.41) is 3.23. The van der Waals surface area contributed by atoms with Crippen molar-refractivity contribution in [2.45, 2.75) is 64.3 Å². The minimum Gasteiger partial charge on any atom is -0.313 e. The molecule has 0 amide bonds. The first-order valence-corrected chi connectivity index (χ1v) is 7.71. The zero-order valence-corrected chi connectivity index (χ0v) is 12.4. The molecule has 1 rings (SSSR count). The Morgan fingerprint density at radius 1 is 1.00 bits per heavy atom. The number of rotatable bonds is 10. The standard InChI is InChI=1S/C17H28FN/c1-3-4-5-6-7-8-9-14-17(19-2)15-12-10-11-13-16(15)18/h10-13,17,19H,3-9,14H2,1-2H3. The number of unbranched alkanes of at least 4 members (excludes halogenated alkanes) is 6. The highest BCUT2D eigenvalue weighted by Gasteiger charge is 2.12. The average Bonchev–Trinajstić information content (AvgIpc) is 2.43. The van der Waals surface area contributed by atoms with Crippen LogP contribution in [0.3, 0.4) is 0 Å². The molecule has 0 aliphatic rings. The minimum atomic E-state index is -0.0928. The van der Waals surface area contributed by atoms with Gasteiger partial charge in [0.05, 0.1) is 0 Å². The molecule has 0 aromatic heterocycles. The third-order valence-electron chi connectivity index (χ3n) is 3.73. The van der Waals surface area contributed by atoms with Crippen LogP contribution in [-0.4, -0.2) is 7.05 Å². The van der Waals surface area contributed by atoms with Crippen molar-refractivity contribution in [1.29, 1.82) is 0 Å². The monoisotopic (exact) mass is 265 g/mol. The van der Waals surface area contributed by atoms with Gasteiger partial charge < -0.3 is 5.32 Å². The SMILES string of the molecule is CCCCCCCCCC(NC)c1ccccc1F. The molecular weight excluding hydrogens is 237 g/mol. The van der Waals surface area contributed by atoms with Gasteiger partial charge >= 0.3 is 0 Å². The molecule has 2 heteroatoms. The maximum absolute atomic E-state index is 13.7. The number of halogens is 1. The fourth-order valence-electron chi connectivity index (χ4n) is 2.52. The maximum Gasteiger partial charge on any atom is 0.127 e. The Morgan fingerprint density at radius 2 is 1.63 bits per heavy atom. The van der Waals surface area contributed by atoms with Crippen molar-refractivity contribution in [3.63, 3.8) is 0 Å². The summed E-state index contributed by atoms with van der Waals surface area (Å²) >= 11 is 0. The number of nitrogens with one attached hydrogen (secondary N) is 1. The van der Waals surface area contributed by atoms with Crippen LogP contribution in [0.15, 0.2) is 24.3 Å². The number of benzene rings is 1. The van der Waals surface area contributed by atoms with Crippen LogP contribution < -0.4 is 5.32 Å². The van der Waals surface area contributed by atoms with E-state index in [1.54, 1.807) is 12.1 Å². The van der Waals surface area contributed by atoms with E-state index in [2.05, 4.69) is 12.2 Å². The second kappa shape index (κ2) is 9.96. The van der Waals surface area contributed by atoms with Crippen LogP contribution in [0.5, 0.6) is 0 Å². The lowest BCUT2D eigenvalue weighted by Crippen LogP contribution is -2.17. The molecule has 1 atom stereocenters. The Kier molecular flexibility index (Phi) is 8.48. The van der Waals surface area contributed by atoms with Crippen LogP contribution in [-0.2, 0) is 0 Å². The summed E-state index contributed by atoms with van der Waals surface area (Å²) in [5.41, 5.74) is 0.802. The normalized spacial score (nSPS) is 12.6. The van der Waals surface area contributed by atoms with Crippen molar-refractivity contribution in [2.75, 3.05) is 7.05 Å². The van der Waals surface area contributed by atoms with Crippen molar-refractivity contribution < 1.29 is 4.39 Å². The van der Waals surface area contributed by atoms with Gasteiger partial charge in [0.1, 0.15) is 5.82 Å². The van der Waals surface area contributed by atoms with E-state index in [1.165, 1.54) is 44.9 Å². The minimum absolute atomic E-state index is 0.0928. The van der Waals surface area contributed by atoms with Gasteiger partial charge in [-0.05, 0) is 19.5 Å². The van der Waals surface area contributed by atoms with Crippen LogP contribution in [0.4, 0.5) is 4.39 Å². The second-order valence-corrected chi connectivity index (χ2v) is 5.27. The molecule has 1 aromatic rings. The first-order chi connectivity index (χ1) is 9.29. The highest BCUT2D eigenvalue weighted by molar-refractivity contribution is 5.20. The largest absolute Gasteiger partial charge is 0.313 e. The summed E-state index contributed by atoms with van der Waals surface area (Å²) in [6.07, 6.45) is 10.1. The van der Waals surface area contributed by atoms with E-state index in [0.29, 0.717) is 0 Å². The van der Waals surface area contributed by atoms with Gasteiger partial charge in [-0.3, -0.25) is 0 Å². The Labute approximate surface area is 117 Å². The lowest BCUT2D eigenvalue weighted by Gasteiger charge is -2.17. The van der Waals surface area contributed by atoms with E-state index >= 15 is 0 Å². The van der Waals surface area contributed by atoms with Crippen molar-refractivity contribution in [1.82, 2.24) is 5.32 Å². The van der Waals surface area contributed by atoms with E-state index in [4.69, 9.17) is 0 Å². The smallest absolute Gasteiger partial charge is 0.127 e. The van der Waals surface area contributed by atoms with E-state index in [0.717, 1.165) is 12.0 Å². The summed E-state index contributed by atoms with van der Waals surface area (Å²) in [5.74, 6) is -0.0928. The lowest BCUT2D eigenvalue weighted by molar-refractivity contribution is 0.475. The van der Waals surface area contributed by atoms with Crippen molar-refractivity contribution >= 4 is 0 Å². The third-order valence-corrected chi connectivity index (χ3v) is 3.73. The fraction of sp³-hybridized carbons (Fsp3) is 0.647. The molecule has 0 spiro atoms. The van der Waals surface area contributed by atoms with Gasteiger partial charge in [-0.2, -0.15) is 0 Å². The van der Waals surface area contributed by atoms with Gasteiger partial charge in [0.25, 0.3) is 0 Å². The summed E-state index contributed by atoms with van der Waals surface area (Å²) < 4.78 is 13.7. The Morgan fingerprint density at radius 3 is 2.26 bits per heavy atom. The predicted molar refractivity (Wildman–Crippen MR) is 80.8 cm³/mol. The Bertz CT molecular complexity index is 338. The molecule has 1 nitrogen and oxygen atoms in total. The summed E-state index contributed by atoms with van der Waals surface area (Å²) in [6, 6.07) is 7.24. The summed E-state index contributed by atoms with van der Waals surface area (Å²) in [4.78, 5) is 0. The van der Waals surface area contributed by atoms with Crippen LogP contribution in [0.25, 0.3) is 0 Å². The Balaban J connectivity index is 2.24. The van der Waals surface area contributed by atoms with E-state index in [9.17, 15) is 4.39 Å². The third kappa shape index (κ3) is 6.20. The molecule has 0 heterocycles. The quantitative estimate of drug-likeness (QED) is 0.571. The topological polar surface area (TPSA) is 12.0 Å². The fourth-order valence-corrected chi connectivity index (χ4v) is 2.52. The molecule has 0 saturated carbocycles. The zero-order valence-electron chi connectivity index (χ0n) is 12.4. The molecule has 108 valence electrons. The van der Waals surface area contributed by atoms with Gasteiger partial charge in [0.15, 0.2) is 0 Å². The van der Waals surface area contributed by atoms with Gasteiger partial charge in [-0.1, -0.05) is 70.1 Å². The van der Waals surface area contributed by atoms with Crippen molar-refractivity contribution in [2.24, 2.45) is 0 Å². The maximum atomic E-state index is 13.7. The van der Waals surface area contributed by atoms with Crippen LogP contribution in [0.2, 0.25) is 0 Å². The summed E-state index contributed by atoms with van der Waals surface area (Å²) in [6.45, 7) is 2.24. The highest BCUT2D eigenvalue weighted by Crippen LogP contribution is 2.22. The number of hydrogen-bond donors (Lipinski definition) is 1. The number of hydrogen-bond acceptors (Lipinski definition) is 1. The van der Waals surface area contributed by atoms with Gasteiger partial charge in [0, 0.05) is 11.6 Å². The van der Waals surface area contributed by atoms with Gasteiger partial charge in [-0.25, -0.2) is 4.39 Å². The molecule has 0 bridgehead atoms. The zero-order chi connectivity index (χ0) is 13.9. The molecule has 1 unspecified atom stereocenters. The van der Waals surface area contributed by atoms with E-state index < -0.39 is 0 Å². The average molecular weight is 265 g/mol.